The van der Waals surface area contributed by atoms with Gasteiger partial charge in [0, 0.05) is 20.1 Å². The zero-order valence-corrected chi connectivity index (χ0v) is 17.9. The van der Waals surface area contributed by atoms with Gasteiger partial charge in [-0.25, -0.2) is 4.99 Å². The Bertz CT molecular complexity index is 568. The highest BCUT2D eigenvalue weighted by Gasteiger charge is 2.15. The number of likely N-dealkylation sites (N-methyl/N-ethyl adjacent to an activating group) is 1. The molecule has 1 fully saturated rings. The molecule has 0 unspecified atom stereocenters. The molecule has 0 radical (unpaired) electrons. The minimum atomic E-state index is 0. The van der Waals surface area contributed by atoms with E-state index in [1.165, 1.54) is 43.2 Å². The lowest BCUT2D eigenvalue weighted by Gasteiger charge is -2.25. The van der Waals surface area contributed by atoms with Crippen LogP contribution < -0.4 is 10.6 Å². The Morgan fingerprint density at radius 3 is 2.52 bits per heavy atom. The second kappa shape index (κ2) is 11.3. The Balaban J connectivity index is 0.00000312. The molecule has 1 aliphatic carbocycles. The average Bonchev–Trinajstić information content (AvgIpc) is 2.59. The van der Waals surface area contributed by atoms with Gasteiger partial charge < -0.3 is 15.5 Å². The fourth-order valence-electron chi connectivity index (χ4n) is 2.86. The number of guanidine groups is 1. The van der Waals surface area contributed by atoms with Crippen LogP contribution in [-0.2, 0) is 11.3 Å². The third-order valence-corrected chi connectivity index (χ3v) is 4.52. The van der Waals surface area contributed by atoms with Crippen molar-refractivity contribution in [2.24, 2.45) is 4.99 Å². The Morgan fingerprint density at radius 2 is 1.88 bits per heavy atom. The van der Waals surface area contributed by atoms with E-state index in [0.29, 0.717) is 12.6 Å². The van der Waals surface area contributed by atoms with Gasteiger partial charge in [-0.1, -0.05) is 43.5 Å². The number of halogens is 1. The largest absolute Gasteiger partial charge is 0.354 e. The van der Waals surface area contributed by atoms with Crippen LogP contribution in [0.3, 0.4) is 0 Å². The van der Waals surface area contributed by atoms with E-state index < -0.39 is 0 Å². The van der Waals surface area contributed by atoms with Gasteiger partial charge in [-0.2, -0.15) is 0 Å². The molecule has 0 atom stereocenters. The predicted molar refractivity (Wildman–Crippen MR) is 114 cm³/mol. The molecule has 0 bridgehead atoms. The smallest absolute Gasteiger partial charge is 0.241 e. The number of nitrogens with zero attached hydrogens (tertiary/aromatic N) is 2. The molecular formula is C19H31IN4O. The number of carbonyl (C=O) groups excluding carboxylic acids is 1. The molecule has 0 aromatic heterocycles. The van der Waals surface area contributed by atoms with Gasteiger partial charge in [0.1, 0.15) is 0 Å². The SMILES string of the molecule is Cc1ccccc1CN=C(NCC(=O)N(C)C)NC1CCCCC1.I. The lowest BCUT2D eigenvalue weighted by Crippen LogP contribution is -2.47. The lowest BCUT2D eigenvalue weighted by molar-refractivity contribution is -0.127. The van der Waals surface area contributed by atoms with Crippen molar-refractivity contribution in [3.63, 3.8) is 0 Å². The predicted octanol–water partition coefficient (Wildman–Crippen LogP) is 3.07. The average molecular weight is 458 g/mol. The first-order valence-electron chi connectivity index (χ1n) is 8.86. The van der Waals surface area contributed by atoms with Crippen molar-refractivity contribution < 1.29 is 4.79 Å². The number of hydrogen-bond donors (Lipinski definition) is 2. The number of nitrogens with one attached hydrogen (secondary N) is 2. The van der Waals surface area contributed by atoms with Gasteiger partial charge in [-0.3, -0.25) is 4.79 Å². The summed E-state index contributed by atoms with van der Waals surface area (Å²) in [5.74, 6) is 0.782. The fourth-order valence-corrected chi connectivity index (χ4v) is 2.86. The summed E-state index contributed by atoms with van der Waals surface area (Å²) >= 11 is 0. The van der Waals surface area contributed by atoms with Gasteiger partial charge in [-0.15, -0.1) is 24.0 Å². The van der Waals surface area contributed by atoms with Crippen molar-refractivity contribution in [2.75, 3.05) is 20.6 Å². The Morgan fingerprint density at radius 1 is 1.20 bits per heavy atom. The fraction of sp³-hybridized carbons (Fsp3) is 0.579. The number of benzene rings is 1. The van der Waals surface area contributed by atoms with Crippen LogP contribution in [0.1, 0.15) is 43.2 Å². The summed E-state index contributed by atoms with van der Waals surface area (Å²) in [6.45, 7) is 2.98. The van der Waals surface area contributed by atoms with E-state index in [1.54, 1.807) is 19.0 Å². The molecule has 1 amide bonds. The third-order valence-electron chi connectivity index (χ3n) is 4.52. The van der Waals surface area contributed by atoms with Crippen molar-refractivity contribution >= 4 is 35.8 Å². The minimum absolute atomic E-state index is 0. The van der Waals surface area contributed by atoms with Crippen LogP contribution in [-0.4, -0.2) is 43.4 Å². The molecule has 0 heterocycles. The first kappa shape index (κ1) is 21.7. The Labute approximate surface area is 168 Å². The van der Waals surface area contributed by atoms with E-state index in [-0.39, 0.29) is 36.4 Å². The number of hydrogen-bond acceptors (Lipinski definition) is 2. The van der Waals surface area contributed by atoms with Crippen LogP contribution in [0.25, 0.3) is 0 Å². The molecule has 140 valence electrons. The van der Waals surface area contributed by atoms with Gasteiger partial charge in [0.15, 0.2) is 5.96 Å². The van der Waals surface area contributed by atoms with Crippen LogP contribution in [0.5, 0.6) is 0 Å². The van der Waals surface area contributed by atoms with E-state index in [0.717, 1.165) is 5.96 Å². The van der Waals surface area contributed by atoms with Crippen LogP contribution in [0.15, 0.2) is 29.3 Å². The maximum absolute atomic E-state index is 11.8. The van der Waals surface area contributed by atoms with Gasteiger partial charge in [-0.05, 0) is 30.9 Å². The van der Waals surface area contributed by atoms with Crippen molar-refractivity contribution in [3.05, 3.63) is 35.4 Å². The zero-order valence-electron chi connectivity index (χ0n) is 15.5. The molecule has 2 N–H and O–H groups in total. The molecule has 0 aliphatic heterocycles. The van der Waals surface area contributed by atoms with E-state index >= 15 is 0 Å². The normalized spacial score (nSPS) is 15.2. The molecule has 1 aromatic carbocycles. The van der Waals surface area contributed by atoms with Crippen LogP contribution >= 0.6 is 24.0 Å². The van der Waals surface area contributed by atoms with Crippen LogP contribution in [0.2, 0.25) is 0 Å². The molecule has 25 heavy (non-hydrogen) atoms. The van der Waals surface area contributed by atoms with Crippen molar-refractivity contribution in [3.8, 4) is 0 Å². The minimum Gasteiger partial charge on any atom is -0.354 e. The third kappa shape index (κ3) is 7.63. The summed E-state index contributed by atoms with van der Waals surface area (Å²) in [7, 11) is 3.53. The van der Waals surface area contributed by atoms with Gasteiger partial charge in [0.25, 0.3) is 0 Å². The molecule has 6 heteroatoms. The zero-order chi connectivity index (χ0) is 17.4. The maximum atomic E-state index is 11.8. The first-order chi connectivity index (χ1) is 11.6. The number of aliphatic imine (C=N–C) groups is 1. The Hall–Kier alpha value is -1.31. The van der Waals surface area contributed by atoms with E-state index in [1.807, 2.05) is 12.1 Å². The molecular weight excluding hydrogens is 427 g/mol. The summed E-state index contributed by atoms with van der Waals surface area (Å²) in [5.41, 5.74) is 2.45. The Kier molecular flexibility index (Phi) is 9.85. The van der Waals surface area contributed by atoms with Crippen molar-refractivity contribution in [1.82, 2.24) is 15.5 Å². The molecule has 0 saturated heterocycles. The van der Waals surface area contributed by atoms with E-state index in [2.05, 4.69) is 29.7 Å². The first-order valence-corrected chi connectivity index (χ1v) is 8.86. The molecule has 1 saturated carbocycles. The number of aryl methyl sites for hydroxylation is 1. The summed E-state index contributed by atoms with van der Waals surface area (Å²) in [5, 5.41) is 6.69. The number of rotatable bonds is 5. The quantitative estimate of drug-likeness (QED) is 0.405. The van der Waals surface area contributed by atoms with Crippen molar-refractivity contribution in [2.45, 2.75) is 51.6 Å². The summed E-state index contributed by atoms with van der Waals surface area (Å²) < 4.78 is 0. The van der Waals surface area contributed by atoms with Gasteiger partial charge in [0.05, 0.1) is 13.1 Å². The highest BCUT2D eigenvalue weighted by molar-refractivity contribution is 14.0. The summed E-state index contributed by atoms with van der Waals surface area (Å²) in [4.78, 5) is 18.1. The second-order valence-corrected chi connectivity index (χ2v) is 6.71. The second-order valence-electron chi connectivity index (χ2n) is 6.71. The van der Waals surface area contributed by atoms with Gasteiger partial charge in [0.2, 0.25) is 5.91 Å². The highest BCUT2D eigenvalue weighted by atomic mass is 127. The van der Waals surface area contributed by atoms with Crippen LogP contribution in [0.4, 0.5) is 0 Å². The van der Waals surface area contributed by atoms with E-state index in [4.69, 9.17) is 4.99 Å². The lowest BCUT2D eigenvalue weighted by atomic mass is 9.96. The molecule has 0 spiro atoms. The molecule has 5 nitrogen and oxygen atoms in total. The molecule has 2 rings (SSSR count). The highest BCUT2D eigenvalue weighted by Crippen LogP contribution is 2.17. The monoisotopic (exact) mass is 458 g/mol. The number of amides is 1. The van der Waals surface area contributed by atoms with Gasteiger partial charge >= 0.3 is 0 Å². The maximum Gasteiger partial charge on any atom is 0.241 e. The standard InChI is InChI=1S/C19H30N4O.HI/c1-15-9-7-8-10-16(15)13-20-19(21-14-18(24)23(2)3)22-17-11-5-4-6-12-17;/h7-10,17H,4-6,11-14H2,1-3H3,(H2,20,21,22);1H. The number of carbonyl (C=O) groups is 1. The molecule has 1 aliphatic rings. The van der Waals surface area contributed by atoms with Crippen molar-refractivity contribution in [1.29, 1.82) is 0 Å². The summed E-state index contributed by atoms with van der Waals surface area (Å²) in [6.07, 6.45) is 6.19. The molecule has 1 aromatic rings. The summed E-state index contributed by atoms with van der Waals surface area (Å²) in [6, 6.07) is 8.73. The topological polar surface area (TPSA) is 56.7 Å². The van der Waals surface area contributed by atoms with E-state index in [9.17, 15) is 4.79 Å². The van der Waals surface area contributed by atoms with Crippen LogP contribution in [0, 0.1) is 6.92 Å².